The average molecular weight is 1090 g/mol. The third-order valence-corrected chi connectivity index (χ3v) is 13.6. The lowest BCUT2D eigenvalue weighted by atomic mass is 10.1. The maximum Gasteiger partial charge on any atom is 0.306 e. The zero-order chi connectivity index (χ0) is 57.1. The molecule has 0 fully saturated rings. The summed E-state index contributed by atoms with van der Waals surface area (Å²) in [5, 5.41) is 0. The molecule has 0 aliphatic carbocycles. The maximum absolute atomic E-state index is 12.9. The van der Waals surface area contributed by atoms with Crippen LogP contribution in [-0.4, -0.2) is 37.2 Å². The molecular weight excluding hydrogens is 973 g/mol. The van der Waals surface area contributed by atoms with E-state index < -0.39 is 6.10 Å². The van der Waals surface area contributed by atoms with Crippen LogP contribution < -0.4 is 0 Å². The van der Waals surface area contributed by atoms with Gasteiger partial charge in [0.1, 0.15) is 13.2 Å². The van der Waals surface area contributed by atoms with Gasteiger partial charge in [0.05, 0.1) is 0 Å². The highest BCUT2D eigenvalue weighted by Crippen LogP contribution is 2.15. The Hall–Kier alpha value is -4.45. The largest absolute Gasteiger partial charge is 0.462 e. The van der Waals surface area contributed by atoms with E-state index in [2.05, 4.69) is 154 Å². The molecule has 0 bridgehead atoms. The average Bonchev–Trinajstić information content (AvgIpc) is 3.45. The van der Waals surface area contributed by atoms with Crippen molar-refractivity contribution in [1.82, 2.24) is 0 Å². The van der Waals surface area contributed by atoms with Crippen LogP contribution in [0.5, 0.6) is 0 Å². The molecule has 0 heterocycles. The van der Waals surface area contributed by atoms with E-state index in [1.165, 1.54) is 128 Å². The quantitative estimate of drug-likeness (QED) is 0.0261. The van der Waals surface area contributed by atoms with Gasteiger partial charge in [-0.2, -0.15) is 0 Å². The van der Waals surface area contributed by atoms with Crippen LogP contribution >= 0.6 is 0 Å². The summed E-state index contributed by atoms with van der Waals surface area (Å²) in [4.78, 5) is 38.3. The third-order valence-electron chi connectivity index (χ3n) is 13.6. The lowest BCUT2D eigenvalue weighted by Gasteiger charge is -2.18. The zero-order valence-corrected chi connectivity index (χ0v) is 51.3. The summed E-state index contributed by atoms with van der Waals surface area (Å²) in [7, 11) is 0. The third kappa shape index (κ3) is 64.3. The minimum atomic E-state index is -0.808. The van der Waals surface area contributed by atoms with Crippen LogP contribution in [0.15, 0.2) is 134 Å². The van der Waals surface area contributed by atoms with Crippen molar-refractivity contribution in [2.45, 2.75) is 297 Å². The van der Waals surface area contributed by atoms with Gasteiger partial charge in [-0.05, 0) is 141 Å². The first-order chi connectivity index (χ1) is 39.0. The standard InChI is InChI=1S/C73H120O6/c1-4-7-10-13-16-19-22-25-28-31-32-33-34-35-36-37-38-39-40-43-45-48-51-54-57-60-63-66-72(75)78-69-70(79-73(76)67-64-61-58-55-52-49-46-42-30-27-24-21-18-15-12-9-6-3)68-77-71(74)65-62-59-56-53-50-47-44-41-29-26-23-20-17-14-11-8-5-2/h7,10,16,18-19,21,25-30,32-33,35-36,38-39,43,45,51,54,70H,4-6,8-9,11-15,17,20,22-24,31,34,37,40-42,44,46-50,52-53,55-69H2,1-3H3/b10-7-,19-16-,21-18-,28-25-,29-26-,30-27-,33-32-,36-35-,39-38-,45-43-,54-51-. The van der Waals surface area contributed by atoms with Gasteiger partial charge in [-0.3, -0.25) is 14.4 Å². The Balaban J connectivity index is 4.48. The molecule has 0 aliphatic heterocycles. The summed E-state index contributed by atoms with van der Waals surface area (Å²) >= 11 is 0. The number of unbranched alkanes of at least 4 members (excludes halogenated alkanes) is 25. The van der Waals surface area contributed by atoms with E-state index in [0.717, 1.165) is 116 Å². The van der Waals surface area contributed by atoms with E-state index in [0.29, 0.717) is 25.7 Å². The second kappa shape index (κ2) is 66.1. The minimum Gasteiger partial charge on any atom is -0.462 e. The number of hydrogen-bond donors (Lipinski definition) is 0. The Morgan fingerprint density at radius 3 is 0.835 bits per heavy atom. The number of hydrogen-bond acceptors (Lipinski definition) is 6. The summed E-state index contributed by atoms with van der Waals surface area (Å²) in [6.07, 6.45) is 93.1. The van der Waals surface area contributed by atoms with Crippen molar-refractivity contribution in [2.75, 3.05) is 13.2 Å². The molecule has 0 spiro atoms. The predicted molar refractivity (Wildman–Crippen MR) is 343 cm³/mol. The Kier molecular flexibility index (Phi) is 62.3. The zero-order valence-electron chi connectivity index (χ0n) is 51.3. The fourth-order valence-corrected chi connectivity index (χ4v) is 8.72. The molecule has 1 atom stereocenters. The predicted octanol–water partition coefficient (Wildman–Crippen LogP) is 22.5. The van der Waals surface area contributed by atoms with E-state index in [4.69, 9.17) is 14.2 Å². The Morgan fingerprint density at radius 1 is 0.266 bits per heavy atom. The van der Waals surface area contributed by atoms with Crippen LogP contribution in [0.3, 0.4) is 0 Å². The monoisotopic (exact) mass is 1090 g/mol. The molecule has 0 aromatic rings. The molecular formula is C73H120O6. The number of rotatable bonds is 58. The van der Waals surface area contributed by atoms with Gasteiger partial charge in [-0.15, -0.1) is 0 Å². The van der Waals surface area contributed by atoms with Crippen LogP contribution in [0.4, 0.5) is 0 Å². The summed E-state index contributed by atoms with van der Waals surface area (Å²) in [5.41, 5.74) is 0. The van der Waals surface area contributed by atoms with Crippen molar-refractivity contribution in [3.05, 3.63) is 134 Å². The Morgan fingerprint density at radius 2 is 0.494 bits per heavy atom. The van der Waals surface area contributed by atoms with Gasteiger partial charge >= 0.3 is 17.9 Å². The first kappa shape index (κ1) is 74.5. The number of carbonyl (C=O) groups excluding carboxylic acids is 3. The van der Waals surface area contributed by atoms with Crippen molar-refractivity contribution in [3.8, 4) is 0 Å². The van der Waals surface area contributed by atoms with Crippen LogP contribution in [0.1, 0.15) is 290 Å². The smallest absolute Gasteiger partial charge is 0.306 e. The maximum atomic E-state index is 12.9. The molecule has 6 nitrogen and oxygen atoms in total. The van der Waals surface area contributed by atoms with Crippen LogP contribution in [0.2, 0.25) is 0 Å². The number of ether oxygens (including phenoxy) is 3. The van der Waals surface area contributed by atoms with E-state index in [-0.39, 0.29) is 31.1 Å². The normalized spacial score (nSPS) is 13.0. The molecule has 0 aromatic carbocycles. The summed E-state index contributed by atoms with van der Waals surface area (Å²) < 4.78 is 16.9. The van der Waals surface area contributed by atoms with E-state index >= 15 is 0 Å². The lowest BCUT2D eigenvalue weighted by Crippen LogP contribution is -2.30. The van der Waals surface area contributed by atoms with Gasteiger partial charge in [-0.25, -0.2) is 0 Å². The molecule has 0 saturated heterocycles. The molecule has 0 saturated carbocycles. The van der Waals surface area contributed by atoms with Crippen LogP contribution in [-0.2, 0) is 28.6 Å². The van der Waals surface area contributed by atoms with E-state index in [1.807, 2.05) is 0 Å². The number of allylic oxidation sites excluding steroid dienone is 22. The highest BCUT2D eigenvalue weighted by Gasteiger charge is 2.19. The summed E-state index contributed by atoms with van der Waals surface area (Å²) in [5.74, 6) is -0.955. The van der Waals surface area contributed by atoms with Crippen molar-refractivity contribution in [1.29, 1.82) is 0 Å². The number of esters is 3. The fraction of sp³-hybridized carbons (Fsp3) is 0.658. The molecule has 0 N–H and O–H groups in total. The fourth-order valence-electron chi connectivity index (χ4n) is 8.72. The molecule has 0 amide bonds. The molecule has 0 aromatic heterocycles. The van der Waals surface area contributed by atoms with E-state index in [9.17, 15) is 14.4 Å². The van der Waals surface area contributed by atoms with E-state index in [1.54, 1.807) is 0 Å². The van der Waals surface area contributed by atoms with Crippen molar-refractivity contribution in [2.24, 2.45) is 0 Å². The first-order valence-corrected chi connectivity index (χ1v) is 32.7. The molecule has 0 aliphatic rings. The lowest BCUT2D eigenvalue weighted by molar-refractivity contribution is -0.167. The second-order valence-corrected chi connectivity index (χ2v) is 21.3. The molecule has 6 heteroatoms. The second-order valence-electron chi connectivity index (χ2n) is 21.3. The van der Waals surface area contributed by atoms with Gasteiger partial charge in [0, 0.05) is 19.3 Å². The van der Waals surface area contributed by atoms with Gasteiger partial charge in [0.2, 0.25) is 0 Å². The first-order valence-electron chi connectivity index (χ1n) is 32.7. The molecule has 0 rings (SSSR count). The van der Waals surface area contributed by atoms with Crippen molar-refractivity contribution >= 4 is 17.9 Å². The number of carbonyl (C=O) groups is 3. The highest BCUT2D eigenvalue weighted by atomic mass is 16.6. The Bertz CT molecular complexity index is 1680. The van der Waals surface area contributed by atoms with Crippen molar-refractivity contribution < 1.29 is 28.6 Å². The molecule has 0 radical (unpaired) electrons. The minimum absolute atomic E-state index is 0.100. The van der Waals surface area contributed by atoms with Gasteiger partial charge in [-0.1, -0.05) is 264 Å². The van der Waals surface area contributed by atoms with Crippen molar-refractivity contribution in [3.63, 3.8) is 0 Å². The molecule has 448 valence electrons. The van der Waals surface area contributed by atoms with Gasteiger partial charge < -0.3 is 14.2 Å². The van der Waals surface area contributed by atoms with Gasteiger partial charge in [0.25, 0.3) is 0 Å². The summed E-state index contributed by atoms with van der Waals surface area (Å²) in [6.45, 7) is 6.46. The highest BCUT2D eigenvalue weighted by molar-refractivity contribution is 5.71. The molecule has 1 unspecified atom stereocenters. The molecule has 79 heavy (non-hydrogen) atoms. The topological polar surface area (TPSA) is 78.9 Å². The van der Waals surface area contributed by atoms with Crippen LogP contribution in [0.25, 0.3) is 0 Å². The summed E-state index contributed by atoms with van der Waals surface area (Å²) in [6, 6.07) is 0. The van der Waals surface area contributed by atoms with Crippen LogP contribution in [0, 0.1) is 0 Å². The van der Waals surface area contributed by atoms with Gasteiger partial charge in [0.15, 0.2) is 6.10 Å². The SMILES string of the molecule is CC/C=C\C/C=C\C/C=C\C/C=C\C/C=C\C/C=C\C/C=C\C/C=C\CCCCC(=O)OCC(COC(=O)CCCCCCCCC/C=C\CCCCCCCC)OC(=O)CCCCCCCCC/C=C\C/C=C\CCCCC. The Labute approximate surface area is 487 Å².